The smallest absolute Gasteiger partial charge is 0.142 e. The van der Waals surface area contributed by atoms with E-state index < -0.39 is 6.04 Å². The molecule has 0 saturated carbocycles. The molecule has 94 valence electrons. The molecule has 3 nitrogen and oxygen atoms in total. The molecule has 0 aliphatic heterocycles. The molecule has 0 bridgehead atoms. The van der Waals surface area contributed by atoms with Gasteiger partial charge < -0.3 is 5.73 Å². The van der Waals surface area contributed by atoms with Crippen LogP contribution in [0.4, 0.5) is 10.1 Å². The van der Waals surface area contributed by atoms with Crippen molar-refractivity contribution in [1.82, 2.24) is 5.43 Å². The highest BCUT2D eigenvalue weighted by molar-refractivity contribution is 9.10. The van der Waals surface area contributed by atoms with Gasteiger partial charge in [0.15, 0.2) is 0 Å². The van der Waals surface area contributed by atoms with Crippen molar-refractivity contribution in [2.75, 3.05) is 5.73 Å². The molecule has 5 heteroatoms. The van der Waals surface area contributed by atoms with Crippen LogP contribution in [-0.2, 0) is 0 Å². The molecule has 0 spiro atoms. The number of hydrogen-bond donors (Lipinski definition) is 3. The molecular weight excluding hydrogens is 297 g/mol. The van der Waals surface area contributed by atoms with E-state index in [1.807, 2.05) is 18.2 Å². The molecule has 1 unspecified atom stereocenters. The third kappa shape index (κ3) is 2.38. The lowest BCUT2D eigenvalue weighted by Crippen LogP contribution is -2.30. The number of para-hydroxylation sites is 1. The summed E-state index contributed by atoms with van der Waals surface area (Å²) in [6, 6.07) is 11.8. The van der Waals surface area contributed by atoms with E-state index in [9.17, 15) is 4.39 Å². The Bertz CT molecular complexity index is 560. The lowest BCUT2D eigenvalue weighted by Gasteiger charge is -2.19. The van der Waals surface area contributed by atoms with Gasteiger partial charge in [0.1, 0.15) is 5.82 Å². The fourth-order valence-corrected chi connectivity index (χ4v) is 2.25. The van der Waals surface area contributed by atoms with E-state index >= 15 is 0 Å². The van der Waals surface area contributed by atoms with Crippen molar-refractivity contribution in [2.45, 2.75) is 6.04 Å². The number of anilines is 1. The number of hydrazine groups is 1. The predicted molar refractivity (Wildman–Crippen MR) is 74.1 cm³/mol. The first-order chi connectivity index (χ1) is 8.65. The summed E-state index contributed by atoms with van der Waals surface area (Å²) in [6.45, 7) is 0. The summed E-state index contributed by atoms with van der Waals surface area (Å²) in [7, 11) is 0. The van der Waals surface area contributed by atoms with Crippen molar-refractivity contribution < 1.29 is 4.39 Å². The predicted octanol–water partition coefficient (Wildman–Crippen LogP) is 2.72. The molecule has 2 rings (SSSR count). The topological polar surface area (TPSA) is 64.1 Å². The zero-order valence-electron chi connectivity index (χ0n) is 9.53. The molecule has 0 aliphatic rings. The first-order valence-corrected chi connectivity index (χ1v) is 6.19. The molecule has 18 heavy (non-hydrogen) atoms. The van der Waals surface area contributed by atoms with E-state index in [0.29, 0.717) is 15.7 Å². The summed E-state index contributed by atoms with van der Waals surface area (Å²) >= 11 is 3.16. The standard InChI is InChI=1S/C13H13BrFN3/c14-10-6-3-5-9(12(10)15)13(18-17)8-4-1-2-7-11(8)16/h1-7,13,18H,16-17H2. The number of benzene rings is 2. The molecule has 0 amide bonds. The van der Waals surface area contributed by atoms with Crippen LogP contribution in [0.25, 0.3) is 0 Å². The second-order valence-electron chi connectivity index (χ2n) is 3.87. The third-order valence-electron chi connectivity index (χ3n) is 2.77. The molecule has 0 heterocycles. The van der Waals surface area contributed by atoms with Crippen LogP contribution in [0.2, 0.25) is 0 Å². The fraction of sp³-hybridized carbons (Fsp3) is 0.0769. The number of rotatable bonds is 3. The van der Waals surface area contributed by atoms with Crippen molar-refractivity contribution in [1.29, 1.82) is 0 Å². The number of nitrogen functional groups attached to an aromatic ring is 1. The van der Waals surface area contributed by atoms with Crippen LogP contribution in [-0.4, -0.2) is 0 Å². The zero-order valence-corrected chi connectivity index (χ0v) is 11.1. The molecule has 0 aliphatic carbocycles. The molecular formula is C13H13BrFN3. The lowest BCUT2D eigenvalue weighted by atomic mass is 9.97. The van der Waals surface area contributed by atoms with Gasteiger partial charge in [0.25, 0.3) is 0 Å². The normalized spacial score (nSPS) is 12.4. The Balaban J connectivity index is 2.53. The minimum atomic E-state index is -0.483. The second-order valence-corrected chi connectivity index (χ2v) is 4.73. The Kier molecular flexibility index (Phi) is 3.96. The van der Waals surface area contributed by atoms with Gasteiger partial charge in [-0.25, -0.2) is 9.82 Å². The van der Waals surface area contributed by atoms with Gasteiger partial charge in [0, 0.05) is 11.3 Å². The van der Waals surface area contributed by atoms with Crippen molar-refractivity contribution in [2.24, 2.45) is 5.84 Å². The highest BCUT2D eigenvalue weighted by Gasteiger charge is 2.19. The van der Waals surface area contributed by atoms with E-state index in [0.717, 1.165) is 5.56 Å². The number of nitrogens with two attached hydrogens (primary N) is 2. The van der Waals surface area contributed by atoms with Gasteiger partial charge in [-0.3, -0.25) is 5.84 Å². The molecule has 2 aromatic rings. The third-order valence-corrected chi connectivity index (χ3v) is 3.38. The molecule has 2 aromatic carbocycles. The van der Waals surface area contributed by atoms with Crippen molar-refractivity contribution in [3.63, 3.8) is 0 Å². The van der Waals surface area contributed by atoms with Gasteiger partial charge in [-0.15, -0.1) is 0 Å². The van der Waals surface area contributed by atoms with E-state index in [-0.39, 0.29) is 5.82 Å². The van der Waals surface area contributed by atoms with Gasteiger partial charge in [-0.1, -0.05) is 30.3 Å². The Morgan fingerprint density at radius 3 is 2.39 bits per heavy atom. The van der Waals surface area contributed by atoms with Crippen LogP contribution in [0.5, 0.6) is 0 Å². The molecule has 0 aromatic heterocycles. The molecule has 0 fully saturated rings. The average molecular weight is 310 g/mol. The van der Waals surface area contributed by atoms with Gasteiger partial charge in [0.2, 0.25) is 0 Å². The van der Waals surface area contributed by atoms with Crippen LogP contribution >= 0.6 is 15.9 Å². The minimum Gasteiger partial charge on any atom is -0.398 e. The summed E-state index contributed by atoms with van der Waals surface area (Å²) in [5.41, 5.74) is 10.3. The Morgan fingerprint density at radius 1 is 1.06 bits per heavy atom. The minimum absolute atomic E-state index is 0.344. The quantitative estimate of drug-likeness (QED) is 0.464. The van der Waals surface area contributed by atoms with Gasteiger partial charge >= 0.3 is 0 Å². The first kappa shape index (κ1) is 13.0. The Morgan fingerprint density at radius 2 is 1.72 bits per heavy atom. The van der Waals surface area contributed by atoms with E-state index in [2.05, 4.69) is 21.4 Å². The van der Waals surface area contributed by atoms with Crippen molar-refractivity contribution >= 4 is 21.6 Å². The zero-order chi connectivity index (χ0) is 13.1. The molecule has 5 N–H and O–H groups in total. The largest absolute Gasteiger partial charge is 0.398 e. The van der Waals surface area contributed by atoms with Gasteiger partial charge in [0.05, 0.1) is 10.5 Å². The summed E-state index contributed by atoms with van der Waals surface area (Å²) in [6.07, 6.45) is 0. The van der Waals surface area contributed by atoms with Crippen LogP contribution in [0.1, 0.15) is 17.2 Å². The van der Waals surface area contributed by atoms with E-state index in [4.69, 9.17) is 11.6 Å². The average Bonchev–Trinajstić information content (AvgIpc) is 2.37. The SMILES string of the molecule is NNC(c1ccccc1N)c1cccc(Br)c1F. The number of halogens is 2. The Labute approximate surface area is 113 Å². The summed E-state index contributed by atoms with van der Waals surface area (Å²) < 4.78 is 14.5. The highest BCUT2D eigenvalue weighted by atomic mass is 79.9. The van der Waals surface area contributed by atoms with Gasteiger partial charge in [-0.2, -0.15) is 0 Å². The van der Waals surface area contributed by atoms with E-state index in [1.54, 1.807) is 24.3 Å². The molecule has 1 atom stereocenters. The summed E-state index contributed by atoms with van der Waals surface area (Å²) in [5.74, 6) is 5.19. The van der Waals surface area contributed by atoms with Crippen LogP contribution < -0.4 is 17.0 Å². The first-order valence-electron chi connectivity index (χ1n) is 5.39. The number of hydrogen-bond acceptors (Lipinski definition) is 3. The highest BCUT2D eigenvalue weighted by Crippen LogP contribution is 2.30. The number of nitrogens with one attached hydrogen (secondary N) is 1. The maximum Gasteiger partial charge on any atom is 0.142 e. The van der Waals surface area contributed by atoms with Crippen LogP contribution in [0, 0.1) is 5.82 Å². The van der Waals surface area contributed by atoms with E-state index in [1.165, 1.54) is 0 Å². The maximum absolute atomic E-state index is 14.1. The van der Waals surface area contributed by atoms with Gasteiger partial charge in [-0.05, 0) is 33.6 Å². The molecule has 0 saturated heterocycles. The lowest BCUT2D eigenvalue weighted by molar-refractivity contribution is 0.556. The summed E-state index contributed by atoms with van der Waals surface area (Å²) in [4.78, 5) is 0. The van der Waals surface area contributed by atoms with Crippen LogP contribution in [0.3, 0.4) is 0 Å². The van der Waals surface area contributed by atoms with Crippen molar-refractivity contribution in [3.8, 4) is 0 Å². The molecule has 0 radical (unpaired) electrons. The van der Waals surface area contributed by atoms with Crippen molar-refractivity contribution in [3.05, 3.63) is 63.9 Å². The fourth-order valence-electron chi connectivity index (χ4n) is 1.86. The maximum atomic E-state index is 14.1. The monoisotopic (exact) mass is 309 g/mol. The summed E-state index contributed by atoms with van der Waals surface area (Å²) in [5, 5.41) is 0. The van der Waals surface area contributed by atoms with Crippen LogP contribution in [0.15, 0.2) is 46.9 Å². The second kappa shape index (κ2) is 5.48. The Hall–Kier alpha value is -1.43.